The maximum atomic E-state index is 12.7. The van der Waals surface area contributed by atoms with Gasteiger partial charge in [-0.15, -0.1) is 13.2 Å². The van der Waals surface area contributed by atoms with Crippen LogP contribution in [0.15, 0.2) is 47.0 Å². The van der Waals surface area contributed by atoms with Gasteiger partial charge in [-0.2, -0.15) is 13.2 Å². The number of carbonyl (C=O) groups excluding carboxylic acids is 1. The van der Waals surface area contributed by atoms with Crippen molar-refractivity contribution >= 4 is 17.9 Å². The van der Waals surface area contributed by atoms with Crippen LogP contribution in [0.25, 0.3) is 5.69 Å². The molecule has 2 aromatic rings. The Balaban J connectivity index is 0.000000814. The van der Waals surface area contributed by atoms with Crippen molar-refractivity contribution < 1.29 is 27.4 Å². The first kappa shape index (κ1) is 29.3. The van der Waals surface area contributed by atoms with E-state index < -0.39 is 23.1 Å². The highest BCUT2D eigenvalue weighted by Gasteiger charge is 2.35. The van der Waals surface area contributed by atoms with Crippen LogP contribution in [-0.2, 0) is 22.7 Å². The van der Waals surface area contributed by atoms with E-state index in [1.807, 2.05) is 20.8 Å². The smallest absolute Gasteiger partial charge is 0.353 e. The molecule has 0 N–H and O–H groups in total. The van der Waals surface area contributed by atoms with Gasteiger partial charge < -0.3 is 9.47 Å². The van der Waals surface area contributed by atoms with Crippen molar-refractivity contribution in [2.24, 2.45) is 7.05 Å². The molecule has 0 aliphatic heterocycles. The number of rotatable bonds is 6. The van der Waals surface area contributed by atoms with Crippen molar-refractivity contribution in [3.05, 3.63) is 74.5 Å². The number of benzene rings is 1. The predicted molar refractivity (Wildman–Crippen MR) is 117 cm³/mol. The highest BCUT2D eigenvalue weighted by Crippen LogP contribution is 2.27. The first-order chi connectivity index (χ1) is 15.0. The lowest BCUT2D eigenvalue weighted by Gasteiger charge is -2.14. The van der Waals surface area contributed by atoms with E-state index in [0.29, 0.717) is 21.5 Å². The molecule has 7 nitrogen and oxygen atoms in total. The third kappa shape index (κ3) is 8.10. The second kappa shape index (κ2) is 13.7. The van der Waals surface area contributed by atoms with Crippen molar-refractivity contribution in [3.8, 4) is 5.69 Å². The van der Waals surface area contributed by atoms with Crippen LogP contribution in [0.5, 0.6) is 0 Å². The van der Waals surface area contributed by atoms with Crippen molar-refractivity contribution in [2.75, 3.05) is 13.2 Å². The predicted octanol–water partition coefficient (Wildman–Crippen LogP) is 4.23. The second-order valence-electron chi connectivity index (χ2n) is 5.84. The van der Waals surface area contributed by atoms with Gasteiger partial charge in [-0.1, -0.05) is 11.6 Å². The van der Waals surface area contributed by atoms with Crippen LogP contribution >= 0.6 is 11.6 Å². The van der Waals surface area contributed by atoms with Gasteiger partial charge in [-0.25, -0.2) is 9.36 Å². The Morgan fingerprint density at radius 1 is 1.12 bits per heavy atom. The molecule has 0 atom stereocenters. The van der Waals surface area contributed by atoms with Crippen molar-refractivity contribution in [1.82, 2.24) is 9.13 Å². The summed E-state index contributed by atoms with van der Waals surface area (Å²) in [5, 5.41) is 0.0931. The fraction of sp³-hybridized carbons (Fsp3) is 0.381. The minimum absolute atomic E-state index is 0.00742. The van der Waals surface area contributed by atoms with Crippen molar-refractivity contribution in [2.45, 2.75) is 33.2 Å². The molecule has 0 aliphatic carbocycles. The summed E-state index contributed by atoms with van der Waals surface area (Å²) in [7, 11) is 0.900. The lowest BCUT2D eigenvalue weighted by molar-refractivity contribution is -0.144. The van der Waals surface area contributed by atoms with Crippen LogP contribution in [0.4, 0.5) is 13.2 Å². The van der Waals surface area contributed by atoms with Crippen LogP contribution in [0.1, 0.15) is 36.8 Å². The summed E-state index contributed by atoms with van der Waals surface area (Å²) in [5.74, 6) is 0. The Kier molecular flexibility index (Phi) is 12.5. The molecule has 0 spiro atoms. The molecule has 0 fully saturated rings. The van der Waals surface area contributed by atoms with Crippen LogP contribution in [-0.4, -0.2) is 34.9 Å². The molecule has 2 rings (SSSR count). The number of aldehydes is 1. The highest BCUT2D eigenvalue weighted by molar-refractivity contribution is 6.33. The lowest BCUT2D eigenvalue weighted by atomic mass is 10.2. The summed E-state index contributed by atoms with van der Waals surface area (Å²) in [6.07, 6.45) is -4.46. The molecule has 11 heteroatoms. The summed E-state index contributed by atoms with van der Waals surface area (Å²) in [6.45, 7) is 13.3. The van der Waals surface area contributed by atoms with Crippen LogP contribution in [0.3, 0.4) is 0 Å². The first-order valence-electron chi connectivity index (χ1n) is 9.36. The fourth-order valence-corrected chi connectivity index (χ4v) is 2.58. The second-order valence-corrected chi connectivity index (χ2v) is 6.25. The van der Waals surface area contributed by atoms with E-state index in [0.717, 1.165) is 26.3 Å². The van der Waals surface area contributed by atoms with Gasteiger partial charge in [0, 0.05) is 31.9 Å². The number of ether oxygens (including phenoxy) is 2. The number of aromatic nitrogens is 2. The van der Waals surface area contributed by atoms with E-state index in [4.69, 9.17) is 21.1 Å². The SMILES string of the molecule is C=C.CCOC(C)OCC.Cn1c(C(F)(F)F)cc(=O)n(-c2ccc(Cl)c(C=O)c2)c1=O. The molecular formula is C21H26ClF3N2O5. The third-order valence-electron chi connectivity index (χ3n) is 3.78. The zero-order chi connectivity index (χ0) is 25.1. The van der Waals surface area contributed by atoms with Crippen molar-refractivity contribution in [3.63, 3.8) is 0 Å². The van der Waals surface area contributed by atoms with E-state index >= 15 is 0 Å². The monoisotopic (exact) mass is 478 g/mol. The van der Waals surface area contributed by atoms with Gasteiger partial charge in [0.05, 0.1) is 10.7 Å². The van der Waals surface area contributed by atoms with E-state index in [2.05, 4.69) is 13.2 Å². The number of carbonyl (C=O) groups is 1. The number of hydrogen-bond acceptors (Lipinski definition) is 5. The van der Waals surface area contributed by atoms with Crippen LogP contribution < -0.4 is 11.2 Å². The molecule has 178 valence electrons. The molecule has 1 aromatic heterocycles. The number of nitrogens with zero attached hydrogens (tertiary/aromatic N) is 2. The molecule has 32 heavy (non-hydrogen) atoms. The molecule has 0 radical (unpaired) electrons. The van der Waals surface area contributed by atoms with Gasteiger partial charge in [0.1, 0.15) is 5.69 Å². The Hall–Kier alpha value is -2.69. The average Bonchev–Trinajstić information content (AvgIpc) is 2.73. The van der Waals surface area contributed by atoms with E-state index in [1.54, 1.807) is 0 Å². The topological polar surface area (TPSA) is 79.5 Å². The number of halogens is 4. The van der Waals surface area contributed by atoms with Crippen LogP contribution in [0.2, 0.25) is 5.02 Å². The zero-order valence-corrected chi connectivity index (χ0v) is 19.0. The summed E-state index contributed by atoms with van der Waals surface area (Å²) in [5.41, 5.74) is -3.74. The Labute approximate surface area is 188 Å². The Morgan fingerprint density at radius 2 is 1.66 bits per heavy atom. The largest absolute Gasteiger partial charge is 0.431 e. The molecule has 0 aliphatic rings. The first-order valence-corrected chi connectivity index (χ1v) is 9.74. The summed E-state index contributed by atoms with van der Waals surface area (Å²) in [6, 6.07) is 3.98. The number of alkyl halides is 3. The van der Waals surface area contributed by atoms with Crippen molar-refractivity contribution in [1.29, 1.82) is 0 Å². The summed E-state index contributed by atoms with van der Waals surface area (Å²) < 4.78 is 49.2. The summed E-state index contributed by atoms with van der Waals surface area (Å²) >= 11 is 5.73. The standard InChI is InChI=1S/C13H8ClF3N2O3.C6H14O2.C2H4/c1-18-10(13(15,16)17)5-11(21)19(12(18)22)8-2-3-9(14)7(4-8)6-20;1-4-7-6(3)8-5-2;1-2/h2-6H,1H3;6H,4-5H2,1-3H3;1-2H2. The van der Waals surface area contributed by atoms with Gasteiger partial charge in [0.15, 0.2) is 12.6 Å². The molecule has 1 heterocycles. The minimum Gasteiger partial charge on any atom is -0.353 e. The Morgan fingerprint density at radius 3 is 2.09 bits per heavy atom. The zero-order valence-electron chi connectivity index (χ0n) is 18.2. The molecule has 0 unspecified atom stereocenters. The van der Waals surface area contributed by atoms with Crippen LogP contribution in [0, 0.1) is 0 Å². The highest BCUT2D eigenvalue weighted by atomic mass is 35.5. The maximum Gasteiger partial charge on any atom is 0.431 e. The van der Waals surface area contributed by atoms with Gasteiger partial charge in [-0.3, -0.25) is 14.2 Å². The van der Waals surface area contributed by atoms with Gasteiger partial charge in [0.2, 0.25) is 0 Å². The molecule has 0 saturated carbocycles. The third-order valence-corrected chi connectivity index (χ3v) is 4.12. The number of hydrogen-bond donors (Lipinski definition) is 0. The lowest BCUT2D eigenvalue weighted by Crippen LogP contribution is -2.40. The average molecular weight is 479 g/mol. The van der Waals surface area contributed by atoms with E-state index in [9.17, 15) is 27.6 Å². The molecule has 0 bridgehead atoms. The molecule has 0 amide bonds. The van der Waals surface area contributed by atoms with Gasteiger partial charge in [0.25, 0.3) is 5.56 Å². The van der Waals surface area contributed by atoms with Gasteiger partial charge >= 0.3 is 11.9 Å². The minimum atomic E-state index is -4.83. The van der Waals surface area contributed by atoms with E-state index in [-0.39, 0.29) is 22.6 Å². The summed E-state index contributed by atoms with van der Waals surface area (Å²) in [4.78, 5) is 34.7. The van der Waals surface area contributed by atoms with E-state index in [1.165, 1.54) is 12.1 Å². The van der Waals surface area contributed by atoms with Gasteiger partial charge in [-0.05, 0) is 39.0 Å². The molecular weight excluding hydrogens is 453 g/mol. The maximum absolute atomic E-state index is 12.7. The normalized spacial score (nSPS) is 10.7. The Bertz CT molecular complexity index is 996. The molecule has 1 aromatic carbocycles. The quantitative estimate of drug-likeness (QED) is 0.353. The fourth-order valence-electron chi connectivity index (χ4n) is 2.41. The molecule has 0 saturated heterocycles.